The van der Waals surface area contributed by atoms with Gasteiger partial charge in [-0.15, -0.1) is 0 Å². The van der Waals surface area contributed by atoms with E-state index in [1.807, 2.05) is 0 Å². The van der Waals surface area contributed by atoms with E-state index in [1.54, 1.807) is 30.3 Å². The Labute approximate surface area is 120 Å². The maximum Gasteiger partial charge on any atom is 0.248 e. The Hall–Kier alpha value is -2.47. The first kappa shape index (κ1) is 14.0. The molecule has 2 rings (SSSR count). The predicted octanol–water partition coefficient (Wildman–Crippen LogP) is 2.30. The highest BCUT2D eigenvalue weighted by atomic mass is 32.1. The van der Waals surface area contributed by atoms with E-state index < -0.39 is 11.7 Å². The van der Waals surface area contributed by atoms with Crippen LogP contribution >= 0.6 is 12.2 Å². The van der Waals surface area contributed by atoms with Crippen LogP contribution in [0.1, 0.15) is 15.9 Å². The summed E-state index contributed by atoms with van der Waals surface area (Å²) in [5, 5.41) is 2.97. The van der Waals surface area contributed by atoms with E-state index in [1.165, 1.54) is 12.1 Å². The van der Waals surface area contributed by atoms with Gasteiger partial charge in [0, 0.05) is 22.5 Å². The van der Waals surface area contributed by atoms with Crippen molar-refractivity contribution in [2.45, 2.75) is 0 Å². The fourth-order valence-electron chi connectivity index (χ4n) is 1.71. The number of hydrogen-bond donors (Lipinski definition) is 3. The van der Waals surface area contributed by atoms with Gasteiger partial charge in [0.15, 0.2) is 0 Å². The lowest BCUT2D eigenvalue weighted by molar-refractivity contribution is 0.100. The largest absolute Gasteiger partial charge is 0.389 e. The second-order valence-electron chi connectivity index (χ2n) is 4.13. The molecule has 102 valence electrons. The molecule has 0 unspecified atom stereocenters. The van der Waals surface area contributed by atoms with Crippen molar-refractivity contribution >= 4 is 34.5 Å². The molecular weight excluding hydrogens is 277 g/mol. The minimum absolute atomic E-state index is 0.00442. The molecule has 0 aromatic heterocycles. The number of rotatable bonds is 4. The van der Waals surface area contributed by atoms with Gasteiger partial charge in [0.05, 0.1) is 0 Å². The quantitative estimate of drug-likeness (QED) is 0.754. The van der Waals surface area contributed by atoms with Gasteiger partial charge in [0.25, 0.3) is 0 Å². The van der Waals surface area contributed by atoms with Gasteiger partial charge in [-0.05, 0) is 36.4 Å². The monoisotopic (exact) mass is 289 g/mol. The van der Waals surface area contributed by atoms with Crippen molar-refractivity contribution in [1.82, 2.24) is 0 Å². The van der Waals surface area contributed by atoms with E-state index in [0.29, 0.717) is 16.9 Å². The fourth-order valence-corrected chi connectivity index (χ4v) is 1.88. The zero-order valence-corrected chi connectivity index (χ0v) is 11.2. The number of thiocarbonyl (C=S) groups is 1. The molecule has 0 aliphatic rings. The van der Waals surface area contributed by atoms with Gasteiger partial charge in [-0.3, -0.25) is 4.79 Å². The topological polar surface area (TPSA) is 81.1 Å². The van der Waals surface area contributed by atoms with E-state index in [2.05, 4.69) is 5.32 Å². The number of nitrogens with two attached hydrogens (primary N) is 2. The van der Waals surface area contributed by atoms with Crippen LogP contribution < -0.4 is 16.8 Å². The van der Waals surface area contributed by atoms with Crippen molar-refractivity contribution in [3.63, 3.8) is 0 Å². The highest BCUT2D eigenvalue weighted by Gasteiger charge is 2.07. The summed E-state index contributed by atoms with van der Waals surface area (Å²) in [5.74, 6) is -1.03. The van der Waals surface area contributed by atoms with Crippen molar-refractivity contribution < 1.29 is 9.18 Å². The van der Waals surface area contributed by atoms with Crippen LogP contribution in [0, 0.1) is 5.82 Å². The Kier molecular flexibility index (Phi) is 3.95. The molecule has 0 spiro atoms. The molecule has 2 aromatic rings. The van der Waals surface area contributed by atoms with E-state index >= 15 is 0 Å². The van der Waals surface area contributed by atoms with Crippen LogP contribution in [0.15, 0.2) is 42.5 Å². The van der Waals surface area contributed by atoms with Crippen molar-refractivity contribution in [2.75, 3.05) is 5.32 Å². The van der Waals surface area contributed by atoms with Crippen LogP contribution in [0.5, 0.6) is 0 Å². The van der Waals surface area contributed by atoms with Crippen molar-refractivity contribution in [1.29, 1.82) is 0 Å². The molecule has 20 heavy (non-hydrogen) atoms. The molecular formula is C14H12FN3OS. The van der Waals surface area contributed by atoms with Gasteiger partial charge in [-0.2, -0.15) is 0 Å². The maximum atomic E-state index is 13.7. The summed E-state index contributed by atoms with van der Waals surface area (Å²) in [5.41, 5.74) is 12.3. The first-order valence-corrected chi connectivity index (χ1v) is 6.14. The smallest absolute Gasteiger partial charge is 0.248 e. The van der Waals surface area contributed by atoms with E-state index in [0.717, 1.165) is 0 Å². The number of primary amides is 1. The third kappa shape index (κ3) is 3.10. The van der Waals surface area contributed by atoms with E-state index in [4.69, 9.17) is 23.7 Å². The van der Waals surface area contributed by atoms with Crippen molar-refractivity contribution in [2.24, 2.45) is 11.5 Å². The maximum absolute atomic E-state index is 13.7. The number of anilines is 2. The number of carbonyl (C=O) groups is 1. The minimum atomic E-state index is -0.524. The molecule has 5 N–H and O–H groups in total. The summed E-state index contributed by atoms with van der Waals surface area (Å²) >= 11 is 4.73. The summed E-state index contributed by atoms with van der Waals surface area (Å²) < 4.78 is 13.7. The zero-order valence-electron chi connectivity index (χ0n) is 10.4. The van der Waals surface area contributed by atoms with Gasteiger partial charge in [0.2, 0.25) is 5.91 Å². The Morgan fingerprint density at radius 3 is 2.40 bits per heavy atom. The van der Waals surface area contributed by atoms with E-state index in [9.17, 15) is 9.18 Å². The molecule has 4 nitrogen and oxygen atoms in total. The number of benzene rings is 2. The first-order valence-electron chi connectivity index (χ1n) is 5.73. The molecule has 1 amide bonds. The number of carbonyl (C=O) groups excluding carboxylic acids is 1. The normalized spacial score (nSPS) is 10.1. The molecule has 0 bridgehead atoms. The average Bonchev–Trinajstić information content (AvgIpc) is 2.38. The standard InChI is InChI=1S/C14H12FN3OS/c15-12-7-10(4-5-11(12)14(17)20)18-9-3-1-2-8(6-9)13(16)19/h1-7,18H,(H2,16,19)(H2,17,20). The van der Waals surface area contributed by atoms with Gasteiger partial charge >= 0.3 is 0 Å². The third-order valence-electron chi connectivity index (χ3n) is 2.67. The van der Waals surface area contributed by atoms with Crippen molar-refractivity contribution in [3.05, 3.63) is 59.4 Å². The first-order chi connectivity index (χ1) is 9.47. The Balaban J connectivity index is 2.26. The summed E-state index contributed by atoms with van der Waals surface area (Å²) in [7, 11) is 0. The molecule has 6 heteroatoms. The lowest BCUT2D eigenvalue weighted by Crippen LogP contribution is -2.12. The molecule has 2 aromatic carbocycles. The summed E-state index contributed by atoms with van der Waals surface area (Å²) in [4.78, 5) is 11.1. The molecule has 0 atom stereocenters. The second kappa shape index (κ2) is 5.66. The molecule has 0 saturated heterocycles. The van der Waals surface area contributed by atoms with Crippen LogP contribution in [0.3, 0.4) is 0 Å². The summed E-state index contributed by atoms with van der Waals surface area (Å²) in [6.07, 6.45) is 0. The molecule has 0 saturated carbocycles. The number of halogens is 1. The SMILES string of the molecule is NC(=O)c1cccc(Nc2ccc(C(N)=S)c(F)c2)c1. The highest BCUT2D eigenvalue weighted by molar-refractivity contribution is 7.80. The number of amides is 1. The Morgan fingerprint density at radius 2 is 1.80 bits per heavy atom. The summed E-state index contributed by atoms with van der Waals surface area (Å²) in [6.45, 7) is 0. The molecule has 0 heterocycles. The fraction of sp³-hybridized carbons (Fsp3) is 0. The minimum Gasteiger partial charge on any atom is -0.389 e. The average molecular weight is 289 g/mol. The lowest BCUT2D eigenvalue weighted by Gasteiger charge is -2.09. The van der Waals surface area contributed by atoms with Gasteiger partial charge < -0.3 is 16.8 Å². The Bertz CT molecular complexity index is 688. The van der Waals surface area contributed by atoms with Crippen LogP contribution in [0.25, 0.3) is 0 Å². The second-order valence-corrected chi connectivity index (χ2v) is 4.57. The van der Waals surface area contributed by atoms with Crippen molar-refractivity contribution in [3.8, 4) is 0 Å². The lowest BCUT2D eigenvalue weighted by atomic mass is 10.1. The number of nitrogens with one attached hydrogen (secondary N) is 1. The van der Waals surface area contributed by atoms with Gasteiger partial charge in [0.1, 0.15) is 10.8 Å². The highest BCUT2D eigenvalue weighted by Crippen LogP contribution is 2.20. The van der Waals surface area contributed by atoms with Crippen LogP contribution in [0.4, 0.5) is 15.8 Å². The molecule has 0 fully saturated rings. The molecule has 0 radical (unpaired) electrons. The summed E-state index contributed by atoms with van der Waals surface area (Å²) in [6, 6.07) is 11.0. The van der Waals surface area contributed by atoms with Crippen LogP contribution in [-0.2, 0) is 0 Å². The van der Waals surface area contributed by atoms with Gasteiger partial charge in [-0.25, -0.2) is 4.39 Å². The van der Waals surface area contributed by atoms with E-state index in [-0.39, 0.29) is 10.6 Å². The Morgan fingerprint density at radius 1 is 1.10 bits per heavy atom. The predicted molar refractivity (Wildman–Crippen MR) is 80.5 cm³/mol. The molecule has 0 aliphatic heterocycles. The zero-order chi connectivity index (χ0) is 14.7. The van der Waals surface area contributed by atoms with Crippen LogP contribution in [0.2, 0.25) is 0 Å². The number of hydrogen-bond acceptors (Lipinski definition) is 3. The third-order valence-corrected chi connectivity index (χ3v) is 2.89. The van der Waals surface area contributed by atoms with Gasteiger partial charge in [-0.1, -0.05) is 18.3 Å². The molecule has 0 aliphatic carbocycles. The van der Waals surface area contributed by atoms with Crippen LogP contribution in [-0.4, -0.2) is 10.9 Å².